The van der Waals surface area contributed by atoms with Crippen LogP contribution in [0.4, 0.5) is 5.82 Å². The van der Waals surface area contributed by atoms with Gasteiger partial charge in [0.2, 0.25) is 0 Å². The number of pyridine rings is 1. The third kappa shape index (κ3) is 5.47. The van der Waals surface area contributed by atoms with E-state index in [1.807, 2.05) is 48.7 Å². The van der Waals surface area contributed by atoms with Gasteiger partial charge in [-0.25, -0.2) is 4.98 Å². The van der Waals surface area contributed by atoms with Crippen molar-refractivity contribution in [2.24, 2.45) is 0 Å². The van der Waals surface area contributed by atoms with Gasteiger partial charge in [-0.3, -0.25) is 4.90 Å². The standard InChI is InChI=1S/C22H29N3O3/c1-3-6-18-8-9-20(21(15-18)27-2)28-17-19(26)16-24-11-13-25(14-12-24)22-7-4-5-10-23-22/h3-5,7-10,15,19,26H,1,6,11-14,16-17H2,2H3/t19-/m1/s1. The van der Waals surface area contributed by atoms with E-state index in [0.29, 0.717) is 18.0 Å². The van der Waals surface area contributed by atoms with E-state index in [1.54, 1.807) is 7.11 Å². The van der Waals surface area contributed by atoms with Crippen molar-refractivity contribution in [2.45, 2.75) is 12.5 Å². The second-order valence-corrected chi connectivity index (χ2v) is 6.92. The molecule has 1 aromatic carbocycles. The summed E-state index contributed by atoms with van der Waals surface area (Å²) in [4.78, 5) is 8.94. The zero-order valence-electron chi connectivity index (χ0n) is 16.5. The Morgan fingerprint density at radius 2 is 2.00 bits per heavy atom. The molecule has 1 atom stereocenters. The lowest BCUT2D eigenvalue weighted by molar-refractivity contribution is 0.0653. The number of anilines is 1. The number of aliphatic hydroxyl groups excluding tert-OH is 1. The second kappa shape index (κ2) is 10.1. The Morgan fingerprint density at radius 3 is 2.68 bits per heavy atom. The summed E-state index contributed by atoms with van der Waals surface area (Å²) < 4.78 is 11.2. The van der Waals surface area contributed by atoms with Crippen LogP contribution in [0.3, 0.4) is 0 Å². The van der Waals surface area contributed by atoms with E-state index in [-0.39, 0.29) is 6.61 Å². The van der Waals surface area contributed by atoms with E-state index in [4.69, 9.17) is 9.47 Å². The molecule has 0 aliphatic carbocycles. The van der Waals surface area contributed by atoms with Crippen LogP contribution in [0.5, 0.6) is 11.5 Å². The smallest absolute Gasteiger partial charge is 0.161 e. The SMILES string of the molecule is C=CCc1ccc(OC[C@H](O)CN2CCN(c3ccccn3)CC2)c(OC)c1. The van der Waals surface area contributed by atoms with E-state index in [0.717, 1.165) is 44.0 Å². The van der Waals surface area contributed by atoms with Crippen LogP contribution < -0.4 is 14.4 Å². The Balaban J connectivity index is 1.45. The van der Waals surface area contributed by atoms with E-state index in [1.165, 1.54) is 0 Å². The molecule has 1 aliphatic rings. The van der Waals surface area contributed by atoms with Crippen molar-refractivity contribution >= 4 is 5.82 Å². The Bertz CT molecular complexity index is 746. The van der Waals surface area contributed by atoms with Crippen molar-refractivity contribution in [1.29, 1.82) is 0 Å². The summed E-state index contributed by atoms with van der Waals surface area (Å²) in [6.07, 6.45) is 3.90. The van der Waals surface area contributed by atoms with Crippen molar-refractivity contribution < 1.29 is 14.6 Å². The predicted octanol–water partition coefficient (Wildman–Crippen LogP) is 2.38. The van der Waals surface area contributed by atoms with Gasteiger partial charge in [0.25, 0.3) is 0 Å². The minimum absolute atomic E-state index is 0.234. The molecule has 0 radical (unpaired) electrons. The number of nitrogens with zero attached hydrogens (tertiary/aromatic N) is 3. The summed E-state index contributed by atoms with van der Waals surface area (Å²) in [6, 6.07) is 11.8. The highest BCUT2D eigenvalue weighted by molar-refractivity contribution is 5.43. The van der Waals surface area contributed by atoms with Crippen LogP contribution >= 0.6 is 0 Å². The third-order valence-electron chi connectivity index (χ3n) is 4.85. The molecule has 0 saturated carbocycles. The van der Waals surface area contributed by atoms with Crippen LogP contribution in [0.15, 0.2) is 55.3 Å². The van der Waals surface area contributed by atoms with Crippen molar-refractivity contribution in [3.8, 4) is 11.5 Å². The number of benzene rings is 1. The number of aromatic nitrogens is 1. The number of piperazine rings is 1. The van der Waals surface area contributed by atoms with Crippen LogP contribution in [0, 0.1) is 0 Å². The molecule has 1 N–H and O–H groups in total. The lowest BCUT2D eigenvalue weighted by Crippen LogP contribution is -2.49. The normalized spacial score (nSPS) is 15.9. The fourth-order valence-corrected chi connectivity index (χ4v) is 3.36. The van der Waals surface area contributed by atoms with Gasteiger partial charge in [-0.15, -0.1) is 6.58 Å². The van der Waals surface area contributed by atoms with Gasteiger partial charge in [0, 0.05) is 38.9 Å². The molecule has 0 bridgehead atoms. The van der Waals surface area contributed by atoms with Crippen LogP contribution in [0.25, 0.3) is 0 Å². The number of allylic oxidation sites excluding steroid dienone is 1. The van der Waals surface area contributed by atoms with Crippen LogP contribution in [0.2, 0.25) is 0 Å². The van der Waals surface area contributed by atoms with Crippen molar-refractivity contribution in [3.63, 3.8) is 0 Å². The molecule has 150 valence electrons. The molecule has 3 rings (SSSR count). The summed E-state index contributed by atoms with van der Waals surface area (Å²) in [7, 11) is 1.62. The van der Waals surface area contributed by atoms with Crippen LogP contribution in [-0.4, -0.2) is 67.5 Å². The molecule has 0 amide bonds. The molecule has 2 heterocycles. The number of aliphatic hydroxyl groups is 1. The molecular formula is C22H29N3O3. The first-order chi connectivity index (χ1) is 13.7. The number of rotatable bonds is 9. The molecular weight excluding hydrogens is 354 g/mol. The van der Waals surface area contributed by atoms with Gasteiger partial charge in [-0.2, -0.15) is 0 Å². The molecule has 6 heteroatoms. The van der Waals surface area contributed by atoms with Gasteiger partial charge in [0.05, 0.1) is 7.11 Å². The number of β-amino-alcohol motifs (C(OH)–C–C–N with tert-alkyl or cyclic N) is 1. The zero-order chi connectivity index (χ0) is 19.8. The topological polar surface area (TPSA) is 58.1 Å². The predicted molar refractivity (Wildman–Crippen MR) is 111 cm³/mol. The van der Waals surface area contributed by atoms with Crippen LogP contribution in [0.1, 0.15) is 5.56 Å². The lowest BCUT2D eigenvalue weighted by atomic mass is 10.1. The highest BCUT2D eigenvalue weighted by Crippen LogP contribution is 2.28. The Labute approximate surface area is 167 Å². The number of methoxy groups -OCH3 is 1. The second-order valence-electron chi connectivity index (χ2n) is 6.92. The van der Waals surface area contributed by atoms with Crippen LogP contribution in [-0.2, 0) is 6.42 Å². The first kappa shape index (κ1) is 20.2. The quantitative estimate of drug-likeness (QED) is 0.671. The summed E-state index contributed by atoms with van der Waals surface area (Å²) in [5.74, 6) is 2.34. The Hall–Kier alpha value is -2.57. The van der Waals surface area contributed by atoms with E-state index in [9.17, 15) is 5.11 Å². The number of hydrogen-bond acceptors (Lipinski definition) is 6. The molecule has 1 saturated heterocycles. The molecule has 1 fully saturated rings. The molecule has 2 aromatic rings. The molecule has 6 nitrogen and oxygen atoms in total. The highest BCUT2D eigenvalue weighted by atomic mass is 16.5. The summed E-state index contributed by atoms with van der Waals surface area (Å²) in [5.41, 5.74) is 1.12. The van der Waals surface area contributed by atoms with Crippen molar-refractivity contribution in [2.75, 3.05) is 51.3 Å². The fraction of sp³-hybridized carbons (Fsp3) is 0.409. The maximum Gasteiger partial charge on any atom is 0.161 e. The maximum absolute atomic E-state index is 10.4. The Morgan fingerprint density at radius 1 is 1.18 bits per heavy atom. The Kier molecular flexibility index (Phi) is 7.28. The van der Waals surface area contributed by atoms with Gasteiger partial charge in [-0.1, -0.05) is 18.2 Å². The fourth-order valence-electron chi connectivity index (χ4n) is 3.36. The lowest BCUT2D eigenvalue weighted by Gasteiger charge is -2.36. The first-order valence-electron chi connectivity index (χ1n) is 9.66. The minimum atomic E-state index is -0.557. The average molecular weight is 383 g/mol. The van der Waals surface area contributed by atoms with Gasteiger partial charge in [-0.05, 0) is 36.2 Å². The third-order valence-corrected chi connectivity index (χ3v) is 4.85. The highest BCUT2D eigenvalue weighted by Gasteiger charge is 2.20. The monoisotopic (exact) mass is 383 g/mol. The maximum atomic E-state index is 10.4. The van der Waals surface area contributed by atoms with E-state index in [2.05, 4.69) is 21.4 Å². The molecule has 0 unspecified atom stereocenters. The zero-order valence-corrected chi connectivity index (χ0v) is 16.5. The number of ether oxygens (including phenoxy) is 2. The van der Waals surface area contributed by atoms with Gasteiger partial charge < -0.3 is 19.5 Å². The van der Waals surface area contributed by atoms with Crippen molar-refractivity contribution in [1.82, 2.24) is 9.88 Å². The van der Waals surface area contributed by atoms with Gasteiger partial charge in [0.1, 0.15) is 18.5 Å². The van der Waals surface area contributed by atoms with Crippen molar-refractivity contribution in [3.05, 3.63) is 60.8 Å². The molecule has 0 spiro atoms. The van der Waals surface area contributed by atoms with Gasteiger partial charge >= 0.3 is 0 Å². The minimum Gasteiger partial charge on any atom is -0.493 e. The molecule has 28 heavy (non-hydrogen) atoms. The summed E-state index contributed by atoms with van der Waals surface area (Å²) in [6.45, 7) is 8.18. The first-order valence-corrected chi connectivity index (χ1v) is 9.66. The number of hydrogen-bond donors (Lipinski definition) is 1. The molecule has 1 aromatic heterocycles. The van der Waals surface area contributed by atoms with E-state index >= 15 is 0 Å². The van der Waals surface area contributed by atoms with E-state index < -0.39 is 6.10 Å². The summed E-state index contributed by atoms with van der Waals surface area (Å²) in [5, 5.41) is 10.4. The average Bonchev–Trinajstić information content (AvgIpc) is 2.74. The summed E-state index contributed by atoms with van der Waals surface area (Å²) >= 11 is 0. The molecule has 1 aliphatic heterocycles. The largest absolute Gasteiger partial charge is 0.493 e. The van der Waals surface area contributed by atoms with Gasteiger partial charge in [0.15, 0.2) is 11.5 Å².